The van der Waals surface area contributed by atoms with Crippen molar-refractivity contribution in [1.29, 1.82) is 0 Å². The molecule has 0 spiro atoms. The fourth-order valence-corrected chi connectivity index (χ4v) is 2.10. The average Bonchev–Trinajstić information content (AvgIpc) is 2.37. The first-order chi connectivity index (χ1) is 8.91. The minimum atomic E-state index is -1.71. The molecule has 0 unspecified atom stereocenters. The summed E-state index contributed by atoms with van der Waals surface area (Å²) in [7, 11) is 0. The number of hydrogen-bond donors (Lipinski definition) is 1. The van der Waals surface area contributed by atoms with Crippen LogP contribution < -0.4 is 4.90 Å². The van der Waals surface area contributed by atoms with Gasteiger partial charge in [-0.15, -0.1) is 0 Å². The van der Waals surface area contributed by atoms with Crippen LogP contribution in [0.3, 0.4) is 0 Å². The molecule has 1 N–H and O–H groups in total. The second-order valence-corrected chi connectivity index (χ2v) is 4.27. The van der Waals surface area contributed by atoms with Crippen molar-refractivity contribution in [3.8, 4) is 0 Å². The highest BCUT2D eigenvalue weighted by Crippen LogP contribution is 2.30. The summed E-state index contributed by atoms with van der Waals surface area (Å²) in [5.41, 5.74) is -0.825. The molecule has 19 heavy (non-hydrogen) atoms. The van der Waals surface area contributed by atoms with E-state index in [0.29, 0.717) is 0 Å². The largest absolute Gasteiger partial charge is 0.481 e. The van der Waals surface area contributed by atoms with Gasteiger partial charge in [-0.05, 0) is 12.8 Å². The topological polar surface area (TPSA) is 53.4 Å². The Morgan fingerprint density at radius 2 is 1.58 bits per heavy atom. The van der Waals surface area contributed by atoms with Crippen LogP contribution in [0.5, 0.6) is 0 Å². The van der Waals surface area contributed by atoms with Crippen LogP contribution in [0.2, 0.25) is 0 Å². The summed E-state index contributed by atoms with van der Waals surface area (Å²) in [6.45, 7) is 0.0153. The van der Waals surface area contributed by atoms with Gasteiger partial charge in [0.05, 0.1) is 5.92 Å². The number of anilines is 1. The predicted molar refractivity (Wildman–Crippen MR) is 56.6 cm³/mol. The van der Waals surface area contributed by atoms with Crippen molar-refractivity contribution in [3.63, 3.8) is 0 Å². The van der Waals surface area contributed by atoms with Crippen LogP contribution in [-0.2, 0) is 4.79 Å². The molecule has 1 aliphatic rings. The Labute approximate surface area is 105 Å². The lowest BCUT2D eigenvalue weighted by Gasteiger charge is -2.32. The number of pyridine rings is 1. The number of halogens is 4. The van der Waals surface area contributed by atoms with Crippen LogP contribution in [0.4, 0.5) is 23.2 Å². The summed E-state index contributed by atoms with van der Waals surface area (Å²) >= 11 is 0. The number of nitrogens with zero attached hydrogens (tertiary/aromatic N) is 2. The van der Waals surface area contributed by atoms with E-state index >= 15 is 0 Å². The Bertz CT molecular complexity index is 490. The molecule has 1 fully saturated rings. The third-order valence-corrected chi connectivity index (χ3v) is 3.13. The van der Waals surface area contributed by atoms with Gasteiger partial charge in [0.25, 0.3) is 11.9 Å². The van der Waals surface area contributed by atoms with Gasteiger partial charge in [0.15, 0.2) is 0 Å². The number of piperidine rings is 1. The molecule has 8 heteroatoms. The highest BCUT2D eigenvalue weighted by molar-refractivity contribution is 5.70. The molecular weight excluding hydrogens is 268 g/mol. The number of rotatable bonds is 2. The van der Waals surface area contributed by atoms with E-state index in [2.05, 4.69) is 4.98 Å². The van der Waals surface area contributed by atoms with Crippen molar-refractivity contribution in [3.05, 3.63) is 23.5 Å². The molecule has 4 nitrogen and oxygen atoms in total. The molecule has 2 rings (SSSR count). The van der Waals surface area contributed by atoms with Crippen LogP contribution >= 0.6 is 0 Å². The summed E-state index contributed by atoms with van der Waals surface area (Å²) in [5, 5.41) is 8.80. The van der Waals surface area contributed by atoms with Gasteiger partial charge in [-0.3, -0.25) is 4.79 Å². The number of carboxylic acids is 1. The summed E-state index contributed by atoms with van der Waals surface area (Å²) < 4.78 is 52.9. The maximum atomic E-state index is 13.5. The second kappa shape index (κ2) is 5.02. The molecule has 0 saturated carbocycles. The molecule has 1 aromatic heterocycles. The highest BCUT2D eigenvalue weighted by Gasteiger charge is 2.30. The van der Waals surface area contributed by atoms with E-state index in [1.54, 1.807) is 0 Å². The number of carbonyl (C=O) groups is 1. The van der Waals surface area contributed by atoms with Crippen LogP contribution in [0.15, 0.2) is 0 Å². The molecule has 1 aliphatic heterocycles. The smallest absolute Gasteiger partial charge is 0.306 e. The van der Waals surface area contributed by atoms with Gasteiger partial charge >= 0.3 is 5.97 Å². The van der Waals surface area contributed by atoms with Gasteiger partial charge in [0.1, 0.15) is 5.69 Å². The highest BCUT2D eigenvalue weighted by atomic mass is 19.2. The molecule has 1 saturated heterocycles. The number of aliphatic carboxylic acids is 1. The summed E-state index contributed by atoms with van der Waals surface area (Å²) in [6, 6.07) is 0. The maximum absolute atomic E-state index is 13.5. The summed E-state index contributed by atoms with van der Waals surface area (Å²) in [6.07, 6.45) is 0.305. The first-order valence-corrected chi connectivity index (χ1v) is 5.59. The average molecular weight is 278 g/mol. The van der Waals surface area contributed by atoms with Crippen molar-refractivity contribution < 1.29 is 27.5 Å². The first-order valence-electron chi connectivity index (χ1n) is 5.59. The van der Waals surface area contributed by atoms with Gasteiger partial charge in [-0.1, -0.05) is 0 Å². The normalized spacial score (nSPS) is 16.7. The SMILES string of the molecule is O=C(O)C1CCN(c2c(F)c(F)nc(F)c2F)CC1. The number of hydrogen-bond acceptors (Lipinski definition) is 3. The van der Waals surface area contributed by atoms with Crippen LogP contribution in [0.25, 0.3) is 0 Å². The third kappa shape index (κ3) is 2.47. The van der Waals surface area contributed by atoms with E-state index < -0.39 is 41.1 Å². The number of carboxylic acid groups (broad SMARTS) is 1. The fraction of sp³-hybridized carbons (Fsp3) is 0.455. The zero-order valence-corrected chi connectivity index (χ0v) is 9.67. The van der Waals surface area contributed by atoms with E-state index in [9.17, 15) is 22.4 Å². The fourth-order valence-electron chi connectivity index (χ4n) is 2.10. The Kier molecular flexibility index (Phi) is 3.59. The Hall–Kier alpha value is -1.86. The first kappa shape index (κ1) is 13.6. The van der Waals surface area contributed by atoms with Gasteiger partial charge in [-0.25, -0.2) is 0 Å². The molecule has 104 valence electrons. The second-order valence-electron chi connectivity index (χ2n) is 4.27. The van der Waals surface area contributed by atoms with Gasteiger partial charge in [0, 0.05) is 13.1 Å². The molecular formula is C11H10F4N2O2. The van der Waals surface area contributed by atoms with Crippen LogP contribution in [0.1, 0.15) is 12.8 Å². The van der Waals surface area contributed by atoms with Gasteiger partial charge < -0.3 is 10.0 Å². The predicted octanol–water partition coefficient (Wildman–Crippen LogP) is 1.94. The maximum Gasteiger partial charge on any atom is 0.306 e. The molecule has 2 heterocycles. The lowest BCUT2D eigenvalue weighted by Crippen LogP contribution is -2.37. The van der Waals surface area contributed by atoms with Crippen molar-refractivity contribution in [2.75, 3.05) is 18.0 Å². The molecule has 1 aromatic rings. The molecule has 0 radical (unpaired) electrons. The molecule has 0 amide bonds. The van der Waals surface area contributed by atoms with Crippen molar-refractivity contribution in [2.45, 2.75) is 12.8 Å². The Balaban J connectivity index is 2.27. The number of aromatic nitrogens is 1. The lowest BCUT2D eigenvalue weighted by atomic mass is 9.97. The van der Waals surface area contributed by atoms with E-state index in [-0.39, 0.29) is 25.9 Å². The van der Waals surface area contributed by atoms with Crippen molar-refractivity contribution >= 4 is 11.7 Å². The standard InChI is InChI=1S/C11H10F4N2O2/c12-6-8(7(13)10(15)16-9(6)14)17-3-1-5(2-4-17)11(18)19/h5H,1-4H2,(H,18,19). The zero-order valence-electron chi connectivity index (χ0n) is 9.67. The quantitative estimate of drug-likeness (QED) is 0.663. The summed E-state index contributed by atoms with van der Waals surface area (Å²) in [4.78, 5) is 14.3. The van der Waals surface area contributed by atoms with E-state index in [1.165, 1.54) is 0 Å². The molecule has 0 aliphatic carbocycles. The monoisotopic (exact) mass is 278 g/mol. The summed E-state index contributed by atoms with van der Waals surface area (Å²) in [5.74, 6) is -8.16. The molecule has 0 bridgehead atoms. The minimum absolute atomic E-state index is 0.00764. The lowest BCUT2D eigenvalue weighted by molar-refractivity contribution is -0.142. The van der Waals surface area contributed by atoms with Crippen molar-refractivity contribution in [2.24, 2.45) is 5.92 Å². The zero-order chi connectivity index (χ0) is 14.2. The van der Waals surface area contributed by atoms with Crippen LogP contribution in [0, 0.1) is 29.4 Å². The van der Waals surface area contributed by atoms with Gasteiger partial charge in [0.2, 0.25) is 11.6 Å². The van der Waals surface area contributed by atoms with Crippen molar-refractivity contribution in [1.82, 2.24) is 4.98 Å². The van der Waals surface area contributed by atoms with Crippen LogP contribution in [-0.4, -0.2) is 29.1 Å². The van der Waals surface area contributed by atoms with E-state index in [4.69, 9.17) is 5.11 Å². The van der Waals surface area contributed by atoms with Gasteiger partial charge in [-0.2, -0.15) is 22.5 Å². The van der Waals surface area contributed by atoms with E-state index in [1.807, 2.05) is 0 Å². The molecule has 0 atom stereocenters. The minimum Gasteiger partial charge on any atom is -0.481 e. The Morgan fingerprint density at radius 3 is 2.00 bits per heavy atom. The third-order valence-electron chi connectivity index (χ3n) is 3.13. The van der Waals surface area contributed by atoms with E-state index in [0.717, 1.165) is 4.90 Å². The molecule has 0 aromatic carbocycles. The Morgan fingerprint density at radius 1 is 1.11 bits per heavy atom.